The largest absolute Gasteiger partial charge is 0.395 e. The van der Waals surface area contributed by atoms with Gasteiger partial charge in [0.1, 0.15) is 0 Å². The summed E-state index contributed by atoms with van der Waals surface area (Å²) in [5.74, 6) is -0.254. The molecule has 0 spiro atoms. The highest BCUT2D eigenvalue weighted by Gasteiger charge is 2.41. The minimum Gasteiger partial charge on any atom is -0.395 e. The van der Waals surface area contributed by atoms with E-state index in [2.05, 4.69) is 6.92 Å². The van der Waals surface area contributed by atoms with Crippen LogP contribution in [0.3, 0.4) is 0 Å². The fourth-order valence-corrected chi connectivity index (χ4v) is 4.61. The third-order valence-corrected chi connectivity index (χ3v) is 5.83. The summed E-state index contributed by atoms with van der Waals surface area (Å²) < 4.78 is 25.7. The molecule has 0 radical (unpaired) electrons. The predicted molar refractivity (Wildman–Crippen MR) is 75.3 cm³/mol. The number of hydrogen-bond donors (Lipinski definition) is 2. The van der Waals surface area contributed by atoms with Crippen LogP contribution in [0.4, 0.5) is 0 Å². The molecule has 0 aromatic heterocycles. The molecule has 3 atom stereocenters. The second-order valence-corrected chi connectivity index (χ2v) is 7.42. The van der Waals surface area contributed by atoms with Gasteiger partial charge in [0, 0.05) is 6.04 Å². The molecule has 6 heteroatoms. The normalized spacial score (nSPS) is 26.7. The summed E-state index contributed by atoms with van der Waals surface area (Å²) in [4.78, 5) is 0. The van der Waals surface area contributed by atoms with E-state index >= 15 is 0 Å². The summed E-state index contributed by atoms with van der Waals surface area (Å²) in [5.41, 5.74) is 0. The topological polar surface area (TPSA) is 77.8 Å². The zero-order chi connectivity index (χ0) is 14.5. The van der Waals surface area contributed by atoms with Gasteiger partial charge in [-0.3, -0.25) is 0 Å². The van der Waals surface area contributed by atoms with Crippen LogP contribution in [-0.2, 0) is 10.0 Å². The van der Waals surface area contributed by atoms with Gasteiger partial charge in [0.05, 0.1) is 24.5 Å². The number of hydrogen-bond acceptors (Lipinski definition) is 4. The van der Waals surface area contributed by atoms with Crippen molar-refractivity contribution in [3.8, 4) is 0 Å². The summed E-state index contributed by atoms with van der Waals surface area (Å²) >= 11 is 0. The molecule has 0 aromatic carbocycles. The van der Waals surface area contributed by atoms with Crippen molar-refractivity contribution >= 4 is 10.0 Å². The van der Waals surface area contributed by atoms with Crippen molar-refractivity contribution in [2.45, 2.75) is 70.6 Å². The van der Waals surface area contributed by atoms with Gasteiger partial charge in [-0.25, -0.2) is 8.42 Å². The van der Waals surface area contributed by atoms with Gasteiger partial charge in [-0.05, 0) is 26.2 Å². The van der Waals surface area contributed by atoms with Crippen molar-refractivity contribution in [1.82, 2.24) is 4.31 Å². The first-order chi connectivity index (χ1) is 8.94. The molecule has 1 aliphatic rings. The number of aliphatic hydroxyl groups is 2. The van der Waals surface area contributed by atoms with E-state index in [-0.39, 0.29) is 24.4 Å². The van der Waals surface area contributed by atoms with E-state index in [9.17, 15) is 13.5 Å². The van der Waals surface area contributed by atoms with Crippen molar-refractivity contribution < 1.29 is 18.6 Å². The van der Waals surface area contributed by atoms with Crippen LogP contribution in [0.1, 0.15) is 52.4 Å². The highest BCUT2D eigenvalue weighted by atomic mass is 32.2. The van der Waals surface area contributed by atoms with Crippen LogP contribution in [0.5, 0.6) is 0 Å². The lowest BCUT2D eigenvalue weighted by molar-refractivity contribution is 0.0894. The first kappa shape index (κ1) is 16.9. The standard InChI is InChI=1S/C13H27NO4S/c1-3-4-5-6-13(16)12-8-7-11(2)14(12)19(17,18)10-9-15/h11-13,15-16H,3-10H2,1-2H3/t11-,12+,13+/m0/s1. The molecular formula is C13H27NO4S. The SMILES string of the molecule is CCCCC[C@@H](O)[C@H]1CC[C@H](C)N1S(=O)(=O)CCO. The molecule has 0 bridgehead atoms. The minimum absolute atomic E-state index is 0.0811. The molecule has 0 amide bonds. The molecule has 5 nitrogen and oxygen atoms in total. The third kappa shape index (κ3) is 4.41. The van der Waals surface area contributed by atoms with Crippen molar-refractivity contribution in [1.29, 1.82) is 0 Å². The molecule has 0 unspecified atom stereocenters. The number of rotatable bonds is 8. The first-order valence-electron chi connectivity index (χ1n) is 7.24. The quantitative estimate of drug-likeness (QED) is 0.657. The summed E-state index contributed by atoms with van der Waals surface area (Å²) in [6, 6.07) is -0.397. The Bertz CT molecular complexity index is 358. The highest BCUT2D eigenvalue weighted by molar-refractivity contribution is 7.89. The number of sulfonamides is 1. The van der Waals surface area contributed by atoms with Crippen LogP contribution in [0.2, 0.25) is 0 Å². The van der Waals surface area contributed by atoms with Crippen LogP contribution in [-0.4, -0.2) is 53.5 Å². The van der Waals surface area contributed by atoms with Gasteiger partial charge in [0.15, 0.2) is 0 Å². The third-order valence-electron chi connectivity index (χ3n) is 3.86. The Hall–Kier alpha value is -0.170. The molecule has 1 saturated heterocycles. The average Bonchev–Trinajstić information content (AvgIpc) is 2.72. The van der Waals surface area contributed by atoms with E-state index in [1.807, 2.05) is 6.92 Å². The Morgan fingerprint density at radius 2 is 2.00 bits per heavy atom. The maximum Gasteiger partial charge on any atom is 0.216 e. The summed E-state index contributed by atoms with van der Waals surface area (Å²) in [5, 5.41) is 19.1. The van der Waals surface area contributed by atoms with Crippen LogP contribution in [0, 0.1) is 0 Å². The molecule has 1 fully saturated rings. The lowest BCUT2D eigenvalue weighted by Gasteiger charge is -2.30. The van der Waals surface area contributed by atoms with Gasteiger partial charge >= 0.3 is 0 Å². The number of unbranched alkanes of at least 4 members (excludes halogenated alkanes) is 2. The van der Waals surface area contributed by atoms with Crippen LogP contribution in [0.15, 0.2) is 0 Å². The highest BCUT2D eigenvalue weighted by Crippen LogP contribution is 2.31. The van der Waals surface area contributed by atoms with Crippen LogP contribution >= 0.6 is 0 Å². The molecule has 19 heavy (non-hydrogen) atoms. The Kier molecular flexibility index (Phi) is 6.73. The van der Waals surface area contributed by atoms with Gasteiger partial charge < -0.3 is 10.2 Å². The van der Waals surface area contributed by atoms with Gasteiger partial charge in [0.25, 0.3) is 0 Å². The smallest absolute Gasteiger partial charge is 0.216 e. The lowest BCUT2D eigenvalue weighted by atomic mass is 10.0. The van der Waals surface area contributed by atoms with Gasteiger partial charge in [0.2, 0.25) is 10.0 Å². The number of nitrogens with zero attached hydrogens (tertiary/aromatic N) is 1. The molecule has 1 aliphatic heterocycles. The fourth-order valence-electron chi connectivity index (χ4n) is 2.85. The monoisotopic (exact) mass is 293 g/mol. The van der Waals surface area contributed by atoms with Crippen LogP contribution < -0.4 is 0 Å². The van der Waals surface area contributed by atoms with Gasteiger partial charge in [-0.1, -0.05) is 26.2 Å². The molecule has 2 N–H and O–H groups in total. The zero-order valence-electron chi connectivity index (χ0n) is 12.0. The minimum atomic E-state index is -3.46. The molecule has 1 rings (SSSR count). The number of aliphatic hydroxyl groups excluding tert-OH is 2. The second-order valence-electron chi connectivity index (χ2n) is 5.43. The lowest BCUT2D eigenvalue weighted by Crippen LogP contribution is -2.47. The van der Waals surface area contributed by atoms with Gasteiger partial charge in [-0.15, -0.1) is 0 Å². The molecule has 114 valence electrons. The van der Waals surface area contributed by atoms with Gasteiger partial charge in [-0.2, -0.15) is 4.31 Å². The van der Waals surface area contributed by atoms with Crippen molar-refractivity contribution in [2.75, 3.05) is 12.4 Å². The second kappa shape index (κ2) is 7.57. The molecule has 0 aliphatic carbocycles. The van der Waals surface area contributed by atoms with Crippen LogP contribution in [0.25, 0.3) is 0 Å². The van der Waals surface area contributed by atoms with E-state index in [0.29, 0.717) is 12.8 Å². The fraction of sp³-hybridized carbons (Fsp3) is 1.00. The Balaban J connectivity index is 2.71. The molecular weight excluding hydrogens is 266 g/mol. The van der Waals surface area contributed by atoms with Crippen molar-refractivity contribution in [3.05, 3.63) is 0 Å². The summed E-state index contributed by atoms with van der Waals surface area (Å²) in [7, 11) is -3.46. The average molecular weight is 293 g/mol. The molecule has 1 heterocycles. The van der Waals surface area contributed by atoms with E-state index in [4.69, 9.17) is 5.11 Å². The maximum absolute atomic E-state index is 12.1. The van der Waals surface area contributed by atoms with E-state index in [1.54, 1.807) is 0 Å². The molecule has 0 aromatic rings. The van der Waals surface area contributed by atoms with E-state index < -0.39 is 16.1 Å². The van der Waals surface area contributed by atoms with E-state index in [1.165, 1.54) is 4.31 Å². The predicted octanol–water partition coefficient (Wildman–Crippen LogP) is 1.10. The zero-order valence-corrected chi connectivity index (χ0v) is 12.8. The first-order valence-corrected chi connectivity index (χ1v) is 8.85. The molecule has 0 saturated carbocycles. The Morgan fingerprint density at radius 3 is 2.58 bits per heavy atom. The Morgan fingerprint density at radius 1 is 1.32 bits per heavy atom. The summed E-state index contributed by atoms with van der Waals surface area (Å²) in [6.45, 7) is 3.60. The van der Waals surface area contributed by atoms with E-state index in [0.717, 1.165) is 25.7 Å². The Labute approximate surface area is 116 Å². The van der Waals surface area contributed by atoms with Crippen molar-refractivity contribution in [3.63, 3.8) is 0 Å². The summed E-state index contributed by atoms with van der Waals surface area (Å²) in [6.07, 6.45) is 4.61. The van der Waals surface area contributed by atoms with Crippen molar-refractivity contribution in [2.24, 2.45) is 0 Å². The maximum atomic E-state index is 12.1.